The first-order valence-corrected chi connectivity index (χ1v) is 12.9. The number of amides is 4. The van der Waals surface area contributed by atoms with E-state index in [9.17, 15) is 14.4 Å². The fraction of sp³-hybridized carbons (Fsp3) is 0.423. The molecule has 1 saturated heterocycles. The van der Waals surface area contributed by atoms with Crippen molar-refractivity contribution in [1.82, 2.24) is 20.0 Å². The molecule has 2 aromatic rings. The highest BCUT2D eigenvalue weighted by Crippen LogP contribution is 2.11. The van der Waals surface area contributed by atoms with Crippen molar-refractivity contribution >= 4 is 29.8 Å². The van der Waals surface area contributed by atoms with Gasteiger partial charge in [-0.1, -0.05) is 60.7 Å². The molecule has 0 unspecified atom stereocenters. The molecule has 0 bridgehead atoms. The van der Waals surface area contributed by atoms with Gasteiger partial charge in [0, 0.05) is 58.2 Å². The highest BCUT2D eigenvalue weighted by molar-refractivity contribution is 7.99. The molecule has 0 aliphatic carbocycles. The van der Waals surface area contributed by atoms with Crippen LogP contribution >= 0.6 is 11.8 Å². The van der Waals surface area contributed by atoms with Crippen LogP contribution in [0.5, 0.6) is 0 Å². The SMILES string of the molecule is CN(CCN(C)C(=O)N1CCSCC1)C(=O)N[C@@H](Cc1ccccc1)C(=O)OCc1ccccc1. The Labute approximate surface area is 211 Å². The molecule has 1 N–H and O–H groups in total. The number of nitrogens with one attached hydrogen (secondary N) is 1. The molecular formula is C26H34N4O4S. The molecule has 0 aromatic heterocycles. The molecule has 2 aromatic carbocycles. The fourth-order valence-corrected chi connectivity index (χ4v) is 4.53. The van der Waals surface area contributed by atoms with Gasteiger partial charge < -0.3 is 24.8 Å². The van der Waals surface area contributed by atoms with Gasteiger partial charge in [-0.2, -0.15) is 11.8 Å². The first-order chi connectivity index (χ1) is 16.9. The normalized spacial score (nSPS) is 14.1. The summed E-state index contributed by atoms with van der Waals surface area (Å²) in [5, 5.41) is 2.81. The number of benzene rings is 2. The molecule has 9 heteroatoms. The summed E-state index contributed by atoms with van der Waals surface area (Å²) < 4.78 is 5.51. The van der Waals surface area contributed by atoms with E-state index in [1.165, 1.54) is 4.90 Å². The van der Waals surface area contributed by atoms with Crippen LogP contribution in [-0.4, -0.2) is 90.6 Å². The van der Waals surface area contributed by atoms with Crippen molar-refractivity contribution in [3.8, 4) is 0 Å². The van der Waals surface area contributed by atoms with Crippen LogP contribution in [0, 0.1) is 0 Å². The number of hydrogen-bond acceptors (Lipinski definition) is 5. The third-order valence-corrected chi connectivity index (χ3v) is 6.76. The highest BCUT2D eigenvalue weighted by Gasteiger charge is 2.25. The minimum absolute atomic E-state index is 0.0226. The van der Waals surface area contributed by atoms with E-state index in [1.54, 1.807) is 19.0 Å². The molecule has 1 atom stereocenters. The predicted octanol–water partition coefficient (Wildman–Crippen LogP) is 3.08. The van der Waals surface area contributed by atoms with E-state index in [0.29, 0.717) is 19.5 Å². The Bertz CT molecular complexity index is 954. The molecule has 1 heterocycles. The summed E-state index contributed by atoms with van der Waals surface area (Å²) in [6, 6.07) is 17.7. The molecule has 1 fully saturated rings. The highest BCUT2D eigenvalue weighted by atomic mass is 32.2. The number of carbonyl (C=O) groups excluding carboxylic acids is 3. The van der Waals surface area contributed by atoms with Gasteiger partial charge in [0.05, 0.1) is 0 Å². The second kappa shape index (κ2) is 13.6. The van der Waals surface area contributed by atoms with Crippen LogP contribution in [0.2, 0.25) is 0 Å². The number of carbonyl (C=O) groups is 3. The Morgan fingerprint density at radius 3 is 2.11 bits per heavy atom. The molecule has 1 aliphatic heterocycles. The molecule has 3 rings (SSSR count). The summed E-state index contributed by atoms with van der Waals surface area (Å²) in [5.74, 6) is 1.41. The summed E-state index contributed by atoms with van der Waals surface area (Å²) in [5.41, 5.74) is 1.80. The Hall–Kier alpha value is -3.20. The van der Waals surface area contributed by atoms with E-state index < -0.39 is 18.0 Å². The van der Waals surface area contributed by atoms with Gasteiger partial charge in [-0.05, 0) is 11.1 Å². The molecule has 4 amide bonds. The van der Waals surface area contributed by atoms with Crippen LogP contribution in [0.15, 0.2) is 60.7 Å². The Kier molecular flexibility index (Phi) is 10.3. The lowest BCUT2D eigenvalue weighted by molar-refractivity contribution is -0.147. The van der Waals surface area contributed by atoms with Crippen molar-refractivity contribution in [3.63, 3.8) is 0 Å². The summed E-state index contributed by atoms with van der Waals surface area (Å²) in [7, 11) is 3.40. The molecule has 35 heavy (non-hydrogen) atoms. The lowest BCUT2D eigenvalue weighted by Gasteiger charge is -2.31. The number of urea groups is 2. The third kappa shape index (κ3) is 8.51. The van der Waals surface area contributed by atoms with E-state index in [4.69, 9.17) is 4.74 Å². The van der Waals surface area contributed by atoms with E-state index >= 15 is 0 Å². The van der Waals surface area contributed by atoms with Crippen molar-refractivity contribution in [2.45, 2.75) is 19.1 Å². The van der Waals surface area contributed by atoms with Gasteiger partial charge in [0.2, 0.25) is 0 Å². The smallest absolute Gasteiger partial charge is 0.329 e. The lowest BCUT2D eigenvalue weighted by Crippen LogP contribution is -2.51. The van der Waals surface area contributed by atoms with Crippen molar-refractivity contribution in [2.24, 2.45) is 0 Å². The minimum Gasteiger partial charge on any atom is -0.459 e. The van der Waals surface area contributed by atoms with Crippen LogP contribution < -0.4 is 5.32 Å². The molecule has 188 valence electrons. The van der Waals surface area contributed by atoms with Crippen molar-refractivity contribution in [1.29, 1.82) is 0 Å². The standard InChI is InChI=1S/C26H34N4O4S/c1-28(13-14-29(2)26(33)30-15-17-35-18-16-30)25(32)27-23(19-21-9-5-3-6-10-21)24(31)34-20-22-11-7-4-8-12-22/h3-12,23H,13-20H2,1-2H3,(H,27,32)/t23-/m0/s1. The fourth-order valence-electron chi connectivity index (χ4n) is 3.62. The number of hydrogen-bond donors (Lipinski definition) is 1. The van der Waals surface area contributed by atoms with E-state index in [2.05, 4.69) is 5.32 Å². The van der Waals surface area contributed by atoms with Crippen LogP contribution in [0.3, 0.4) is 0 Å². The van der Waals surface area contributed by atoms with Crippen LogP contribution in [0.1, 0.15) is 11.1 Å². The Balaban J connectivity index is 1.54. The Morgan fingerprint density at radius 1 is 0.914 bits per heavy atom. The van der Waals surface area contributed by atoms with Crippen molar-refractivity contribution in [3.05, 3.63) is 71.8 Å². The Morgan fingerprint density at radius 2 is 1.49 bits per heavy atom. The molecule has 1 aliphatic rings. The zero-order valence-corrected chi connectivity index (χ0v) is 21.2. The van der Waals surface area contributed by atoms with Gasteiger partial charge in [-0.15, -0.1) is 0 Å². The maximum absolute atomic E-state index is 12.9. The average Bonchev–Trinajstić information content (AvgIpc) is 2.90. The minimum atomic E-state index is -0.832. The topological polar surface area (TPSA) is 82.2 Å². The van der Waals surface area contributed by atoms with Crippen LogP contribution in [-0.2, 0) is 22.6 Å². The van der Waals surface area contributed by atoms with E-state index in [0.717, 1.165) is 35.7 Å². The van der Waals surface area contributed by atoms with Crippen molar-refractivity contribution < 1.29 is 19.1 Å². The summed E-state index contributed by atoms with van der Waals surface area (Å²) in [6.45, 7) is 2.37. The van der Waals surface area contributed by atoms with Gasteiger partial charge in [-0.25, -0.2) is 14.4 Å². The summed E-state index contributed by atoms with van der Waals surface area (Å²) in [4.78, 5) is 43.4. The number of likely N-dealkylation sites (N-methyl/N-ethyl adjacent to an activating group) is 2. The largest absolute Gasteiger partial charge is 0.459 e. The molecule has 8 nitrogen and oxygen atoms in total. The number of esters is 1. The number of ether oxygens (including phenoxy) is 1. The predicted molar refractivity (Wildman–Crippen MR) is 138 cm³/mol. The maximum atomic E-state index is 12.9. The lowest BCUT2D eigenvalue weighted by atomic mass is 10.1. The second-order valence-corrected chi connectivity index (χ2v) is 9.73. The average molecular weight is 499 g/mol. The van der Waals surface area contributed by atoms with Gasteiger partial charge in [0.15, 0.2) is 0 Å². The zero-order chi connectivity index (χ0) is 25.0. The third-order valence-electron chi connectivity index (χ3n) is 5.81. The maximum Gasteiger partial charge on any atom is 0.329 e. The summed E-state index contributed by atoms with van der Waals surface area (Å²) >= 11 is 1.85. The van der Waals surface area contributed by atoms with Gasteiger partial charge in [0.1, 0.15) is 12.6 Å². The van der Waals surface area contributed by atoms with Gasteiger partial charge in [0.25, 0.3) is 0 Å². The number of rotatable bonds is 9. The summed E-state index contributed by atoms with van der Waals surface area (Å²) in [6.07, 6.45) is 0.319. The zero-order valence-electron chi connectivity index (χ0n) is 20.4. The van der Waals surface area contributed by atoms with E-state index in [1.807, 2.05) is 77.3 Å². The molecule has 0 saturated carbocycles. The monoisotopic (exact) mass is 498 g/mol. The van der Waals surface area contributed by atoms with Gasteiger partial charge in [-0.3, -0.25) is 0 Å². The molecular weight excluding hydrogens is 464 g/mol. The number of nitrogens with zero attached hydrogens (tertiary/aromatic N) is 3. The van der Waals surface area contributed by atoms with E-state index in [-0.39, 0.29) is 12.6 Å². The first-order valence-electron chi connectivity index (χ1n) is 11.8. The van der Waals surface area contributed by atoms with Crippen molar-refractivity contribution in [2.75, 3.05) is 51.8 Å². The molecule has 0 spiro atoms. The molecule has 0 radical (unpaired) electrons. The quantitative estimate of drug-likeness (QED) is 0.538. The number of thioether (sulfide) groups is 1. The second-order valence-electron chi connectivity index (χ2n) is 8.51. The van der Waals surface area contributed by atoms with Gasteiger partial charge >= 0.3 is 18.0 Å². The van der Waals surface area contributed by atoms with Crippen LogP contribution in [0.25, 0.3) is 0 Å². The van der Waals surface area contributed by atoms with Crippen LogP contribution in [0.4, 0.5) is 9.59 Å². The first kappa shape index (κ1) is 26.4.